The summed E-state index contributed by atoms with van der Waals surface area (Å²) in [6.07, 6.45) is 0. The largest absolute Gasteiger partial charge is 0.308 e. The van der Waals surface area contributed by atoms with Crippen LogP contribution in [-0.2, 0) is 0 Å². The Bertz CT molecular complexity index is 1370. The van der Waals surface area contributed by atoms with Crippen molar-refractivity contribution in [3.63, 3.8) is 0 Å². The van der Waals surface area contributed by atoms with Crippen LogP contribution in [-0.4, -0.2) is 4.57 Å². The fourth-order valence-corrected chi connectivity index (χ4v) is 5.95. The third-order valence-corrected chi connectivity index (χ3v) is 9.29. The number of halogens is 1. The van der Waals surface area contributed by atoms with Crippen molar-refractivity contribution < 1.29 is 0 Å². The number of hydrogen-bond donors (Lipinski definition) is 0. The van der Waals surface area contributed by atoms with Crippen molar-refractivity contribution in [3.8, 4) is 5.69 Å². The lowest BCUT2D eigenvalue weighted by Gasteiger charge is -2.22. The molecule has 0 aliphatic rings. The standard InChI is InChI=1S/C30H36ClN/c1-13-15(3)22(10)29-25(18(13)6)26-19(7)14(2)16(4)23(11)30(26)32(29)28-21(9)17(5)20(8)27(31)24(28)12/h1-12H3. The van der Waals surface area contributed by atoms with Crippen LogP contribution in [0.3, 0.4) is 0 Å². The molecule has 0 aliphatic heterocycles. The van der Waals surface area contributed by atoms with E-state index in [1.165, 1.54) is 88.7 Å². The van der Waals surface area contributed by atoms with Gasteiger partial charge in [-0.15, -0.1) is 0 Å². The summed E-state index contributed by atoms with van der Waals surface area (Å²) in [5.41, 5.74) is 19.9. The van der Waals surface area contributed by atoms with Crippen molar-refractivity contribution in [2.75, 3.05) is 0 Å². The van der Waals surface area contributed by atoms with Gasteiger partial charge in [0.25, 0.3) is 0 Å². The molecule has 0 N–H and O–H groups in total. The molecule has 1 heterocycles. The first-order valence-electron chi connectivity index (χ1n) is 11.6. The molecule has 4 rings (SSSR count). The van der Waals surface area contributed by atoms with Crippen LogP contribution in [0, 0.1) is 83.1 Å². The van der Waals surface area contributed by atoms with E-state index >= 15 is 0 Å². The zero-order valence-corrected chi connectivity index (χ0v) is 22.6. The van der Waals surface area contributed by atoms with Crippen LogP contribution in [0.15, 0.2) is 0 Å². The molecule has 1 nitrogen and oxygen atoms in total. The van der Waals surface area contributed by atoms with Gasteiger partial charge in [-0.25, -0.2) is 0 Å². The van der Waals surface area contributed by atoms with Gasteiger partial charge in [0.1, 0.15) is 0 Å². The van der Waals surface area contributed by atoms with Gasteiger partial charge in [0.2, 0.25) is 0 Å². The average molecular weight is 446 g/mol. The molecular formula is C30H36ClN. The molecule has 0 amide bonds. The van der Waals surface area contributed by atoms with Crippen molar-refractivity contribution >= 4 is 33.4 Å². The van der Waals surface area contributed by atoms with Crippen LogP contribution in [0.1, 0.15) is 66.8 Å². The number of nitrogens with zero attached hydrogens (tertiary/aromatic N) is 1. The van der Waals surface area contributed by atoms with Crippen molar-refractivity contribution in [3.05, 3.63) is 71.8 Å². The Hall–Kier alpha value is -2.25. The van der Waals surface area contributed by atoms with Gasteiger partial charge in [-0.05, 0) is 150 Å². The summed E-state index contributed by atoms with van der Waals surface area (Å²) in [6, 6.07) is 0. The van der Waals surface area contributed by atoms with Crippen LogP contribution in [0.25, 0.3) is 27.5 Å². The Balaban J connectivity index is 2.50. The molecule has 0 bridgehead atoms. The van der Waals surface area contributed by atoms with Crippen LogP contribution in [0.5, 0.6) is 0 Å². The minimum absolute atomic E-state index is 0.884. The van der Waals surface area contributed by atoms with E-state index in [1.54, 1.807) is 0 Å². The van der Waals surface area contributed by atoms with Gasteiger partial charge < -0.3 is 4.57 Å². The highest BCUT2D eigenvalue weighted by atomic mass is 35.5. The first-order valence-corrected chi connectivity index (χ1v) is 12.0. The summed E-state index contributed by atoms with van der Waals surface area (Å²) in [7, 11) is 0. The first-order chi connectivity index (χ1) is 14.8. The van der Waals surface area contributed by atoms with Crippen molar-refractivity contribution in [2.24, 2.45) is 0 Å². The average Bonchev–Trinajstić information content (AvgIpc) is 3.12. The third kappa shape index (κ3) is 2.70. The maximum Gasteiger partial charge on any atom is 0.0576 e. The maximum absolute atomic E-state index is 6.92. The van der Waals surface area contributed by atoms with Crippen molar-refractivity contribution in [1.29, 1.82) is 0 Å². The molecule has 0 radical (unpaired) electrons. The molecule has 4 aromatic rings. The van der Waals surface area contributed by atoms with Crippen molar-refractivity contribution in [1.82, 2.24) is 4.57 Å². The number of aryl methyl sites for hydroxylation is 4. The smallest absolute Gasteiger partial charge is 0.0576 e. The third-order valence-electron chi connectivity index (χ3n) is 8.72. The molecule has 2 heteroatoms. The minimum atomic E-state index is 0.884. The van der Waals surface area contributed by atoms with E-state index in [1.807, 2.05) is 0 Å². The summed E-state index contributed by atoms with van der Waals surface area (Å²) < 4.78 is 2.55. The predicted octanol–water partition coefficient (Wildman–Crippen LogP) is 9.14. The van der Waals surface area contributed by atoms with Crippen LogP contribution in [0.4, 0.5) is 0 Å². The van der Waals surface area contributed by atoms with Crippen molar-refractivity contribution in [2.45, 2.75) is 83.1 Å². The highest BCUT2D eigenvalue weighted by molar-refractivity contribution is 6.32. The van der Waals surface area contributed by atoms with Gasteiger partial charge in [0.05, 0.1) is 16.7 Å². The molecule has 0 spiro atoms. The molecule has 0 saturated heterocycles. The van der Waals surface area contributed by atoms with E-state index in [0.717, 1.165) is 10.6 Å². The lowest BCUT2D eigenvalue weighted by Crippen LogP contribution is -2.07. The van der Waals surface area contributed by atoms with Crippen LogP contribution >= 0.6 is 11.6 Å². The summed E-state index contributed by atoms with van der Waals surface area (Å²) in [4.78, 5) is 0. The fourth-order valence-electron chi connectivity index (χ4n) is 5.72. The zero-order chi connectivity index (χ0) is 24.0. The van der Waals surface area contributed by atoms with Gasteiger partial charge in [0.15, 0.2) is 0 Å². The second kappa shape index (κ2) is 7.39. The minimum Gasteiger partial charge on any atom is -0.308 e. The molecule has 0 atom stereocenters. The summed E-state index contributed by atoms with van der Waals surface area (Å²) in [5, 5.41) is 3.68. The van der Waals surface area contributed by atoms with Gasteiger partial charge in [-0.2, -0.15) is 0 Å². The second-order valence-corrected chi connectivity index (χ2v) is 10.3. The molecule has 0 saturated carbocycles. The van der Waals surface area contributed by atoms with E-state index in [0.29, 0.717) is 0 Å². The molecule has 3 aromatic carbocycles. The fraction of sp³-hybridized carbons (Fsp3) is 0.400. The van der Waals surface area contributed by atoms with Gasteiger partial charge >= 0.3 is 0 Å². The van der Waals surface area contributed by atoms with Crippen LogP contribution < -0.4 is 0 Å². The van der Waals surface area contributed by atoms with E-state index in [4.69, 9.17) is 11.6 Å². The second-order valence-electron chi connectivity index (χ2n) is 9.95. The topological polar surface area (TPSA) is 4.93 Å². The van der Waals surface area contributed by atoms with Gasteiger partial charge in [-0.3, -0.25) is 0 Å². The first kappa shape index (κ1) is 22.9. The van der Waals surface area contributed by atoms with Crippen LogP contribution in [0.2, 0.25) is 5.02 Å². The number of hydrogen-bond acceptors (Lipinski definition) is 0. The Morgan fingerprint density at radius 2 is 0.719 bits per heavy atom. The van der Waals surface area contributed by atoms with E-state index in [-0.39, 0.29) is 0 Å². The SMILES string of the molecule is Cc1c(C)c(Cl)c(C)c(-n2c3c(C)c(C)c(C)c(C)c3c3c(C)c(C)c(C)c(C)c32)c1C. The summed E-state index contributed by atoms with van der Waals surface area (Å²) in [5.74, 6) is 0. The Kier molecular flexibility index (Phi) is 5.29. The number of benzene rings is 3. The number of aromatic nitrogens is 1. The van der Waals surface area contributed by atoms with E-state index in [2.05, 4.69) is 87.7 Å². The number of fused-ring (bicyclic) bond motifs is 3. The Morgan fingerprint density at radius 1 is 0.375 bits per heavy atom. The van der Waals surface area contributed by atoms with Gasteiger partial charge in [0, 0.05) is 15.8 Å². The summed E-state index contributed by atoms with van der Waals surface area (Å²) >= 11 is 6.92. The molecule has 0 aliphatic carbocycles. The molecule has 32 heavy (non-hydrogen) atoms. The maximum atomic E-state index is 6.92. The molecule has 0 unspecified atom stereocenters. The summed E-state index contributed by atoms with van der Waals surface area (Å²) in [6.45, 7) is 27.0. The molecule has 1 aromatic heterocycles. The lowest BCUT2D eigenvalue weighted by atomic mass is 9.90. The highest BCUT2D eigenvalue weighted by Crippen LogP contribution is 2.45. The normalized spacial score (nSPS) is 11.9. The van der Waals surface area contributed by atoms with Gasteiger partial charge in [-0.1, -0.05) is 11.6 Å². The Labute approximate surface area is 198 Å². The lowest BCUT2D eigenvalue weighted by molar-refractivity contribution is 1.07. The quantitative estimate of drug-likeness (QED) is 0.275. The van der Waals surface area contributed by atoms with E-state index < -0.39 is 0 Å². The predicted molar refractivity (Wildman–Crippen MR) is 143 cm³/mol. The number of rotatable bonds is 1. The Morgan fingerprint density at radius 3 is 1.12 bits per heavy atom. The van der Waals surface area contributed by atoms with E-state index in [9.17, 15) is 0 Å². The molecule has 168 valence electrons. The highest BCUT2D eigenvalue weighted by Gasteiger charge is 2.26. The monoisotopic (exact) mass is 445 g/mol. The molecule has 0 fully saturated rings. The zero-order valence-electron chi connectivity index (χ0n) is 21.8. The molecular weight excluding hydrogens is 410 g/mol.